The molecule has 0 aromatic carbocycles. The summed E-state index contributed by atoms with van der Waals surface area (Å²) >= 11 is 1.23. The smallest absolute Gasteiger partial charge is 0.0970 e. The normalized spacial score (nSPS) is 13.1. The van der Waals surface area contributed by atoms with Crippen molar-refractivity contribution in [2.24, 2.45) is 0 Å². The molecule has 2 rings (SSSR count). The molecule has 0 aliphatic rings. The molecule has 2 aromatic heterocycles. The average molecular weight is 266 g/mol. The van der Waals surface area contributed by atoms with E-state index in [1.165, 1.54) is 11.5 Å². The lowest BCUT2D eigenvalue weighted by Gasteiger charge is -2.12. The van der Waals surface area contributed by atoms with E-state index in [-0.39, 0.29) is 0 Å². The van der Waals surface area contributed by atoms with Crippen molar-refractivity contribution in [1.82, 2.24) is 19.4 Å². The number of aliphatic hydroxyl groups excluding tert-OH is 1. The maximum absolute atomic E-state index is 10.0. The van der Waals surface area contributed by atoms with Crippen LogP contribution in [0.3, 0.4) is 0 Å². The Hall–Kier alpha value is -1.27. The molecule has 1 atom stereocenters. The number of nitrogens with zero attached hydrogens (tertiary/aromatic N) is 4. The van der Waals surface area contributed by atoms with Gasteiger partial charge in [-0.3, -0.25) is 4.68 Å². The molecule has 6 heteroatoms. The molecule has 2 aromatic rings. The van der Waals surface area contributed by atoms with E-state index in [2.05, 4.69) is 28.5 Å². The third-order valence-corrected chi connectivity index (χ3v) is 3.85. The Balaban J connectivity index is 2.02. The van der Waals surface area contributed by atoms with E-state index in [0.29, 0.717) is 12.5 Å². The molecule has 1 N–H and O–H groups in total. The van der Waals surface area contributed by atoms with E-state index in [4.69, 9.17) is 0 Å². The highest BCUT2D eigenvalue weighted by molar-refractivity contribution is 7.05. The standard InChI is InChI=1S/C12H18N4OS/c1-3-10(4-2)16-6-5-9(14-16)7-11(17)12-8-13-15-18-12/h5-6,8,10-11,17H,3-4,7H2,1-2H3. The van der Waals surface area contributed by atoms with Crippen molar-refractivity contribution in [2.45, 2.75) is 45.3 Å². The van der Waals surface area contributed by atoms with Crippen LogP contribution in [0.4, 0.5) is 0 Å². The maximum Gasteiger partial charge on any atom is 0.0970 e. The molecule has 0 aliphatic carbocycles. The lowest BCUT2D eigenvalue weighted by atomic mass is 10.2. The zero-order chi connectivity index (χ0) is 13.0. The van der Waals surface area contributed by atoms with Crippen molar-refractivity contribution in [1.29, 1.82) is 0 Å². The topological polar surface area (TPSA) is 63.8 Å². The zero-order valence-corrected chi connectivity index (χ0v) is 11.5. The van der Waals surface area contributed by atoms with Crippen molar-refractivity contribution in [3.05, 3.63) is 29.0 Å². The largest absolute Gasteiger partial charge is 0.387 e. The fourth-order valence-corrected chi connectivity index (χ4v) is 2.46. The fourth-order valence-electron chi connectivity index (χ4n) is 1.97. The van der Waals surface area contributed by atoms with E-state index in [9.17, 15) is 5.11 Å². The quantitative estimate of drug-likeness (QED) is 0.872. The second-order valence-electron chi connectivity index (χ2n) is 4.30. The molecule has 0 saturated heterocycles. The van der Waals surface area contributed by atoms with Crippen molar-refractivity contribution in [3.63, 3.8) is 0 Å². The second-order valence-corrected chi connectivity index (χ2v) is 5.11. The van der Waals surface area contributed by atoms with Crippen LogP contribution in [0.15, 0.2) is 18.5 Å². The Morgan fingerprint density at radius 3 is 2.78 bits per heavy atom. The van der Waals surface area contributed by atoms with Gasteiger partial charge in [-0.25, -0.2) is 0 Å². The van der Waals surface area contributed by atoms with Crippen LogP contribution in [-0.2, 0) is 6.42 Å². The summed E-state index contributed by atoms with van der Waals surface area (Å²) < 4.78 is 5.74. The van der Waals surface area contributed by atoms with Crippen LogP contribution in [0.1, 0.15) is 49.4 Å². The highest BCUT2D eigenvalue weighted by Crippen LogP contribution is 2.20. The Kier molecular flexibility index (Phi) is 4.43. The Bertz CT molecular complexity index is 464. The van der Waals surface area contributed by atoms with Gasteiger partial charge in [-0.05, 0) is 30.4 Å². The SMILES string of the molecule is CCC(CC)n1ccc(CC(O)c2cnns2)n1. The van der Waals surface area contributed by atoms with Crippen molar-refractivity contribution >= 4 is 11.5 Å². The molecule has 0 radical (unpaired) electrons. The van der Waals surface area contributed by atoms with Gasteiger partial charge in [0.1, 0.15) is 0 Å². The molecule has 5 nitrogen and oxygen atoms in total. The average Bonchev–Trinajstić information content (AvgIpc) is 3.01. The predicted molar refractivity (Wildman–Crippen MR) is 70.4 cm³/mol. The molecule has 0 spiro atoms. The van der Waals surface area contributed by atoms with Crippen LogP contribution in [0.2, 0.25) is 0 Å². The highest BCUT2D eigenvalue weighted by atomic mass is 32.1. The second kappa shape index (κ2) is 6.06. The summed E-state index contributed by atoms with van der Waals surface area (Å²) in [7, 11) is 0. The van der Waals surface area contributed by atoms with Gasteiger partial charge in [-0.2, -0.15) is 5.10 Å². The van der Waals surface area contributed by atoms with Crippen molar-refractivity contribution < 1.29 is 5.11 Å². The first kappa shape index (κ1) is 13.2. The number of hydrogen-bond donors (Lipinski definition) is 1. The lowest BCUT2D eigenvalue weighted by molar-refractivity contribution is 0.180. The van der Waals surface area contributed by atoms with E-state index in [1.807, 2.05) is 16.9 Å². The first-order valence-electron chi connectivity index (χ1n) is 6.23. The van der Waals surface area contributed by atoms with Crippen LogP contribution in [-0.4, -0.2) is 24.5 Å². The Morgan fingerprint density at radius 2 is 2.17 bits per heavy atom. The van der Waals surface area contributed by atoms with Crippen LogP contribution in [0.5, 0.6) is 0 Å². The summed E-state index contributed by atoms with van der Waals surface area (Å²) in [5.74, 6) is 0. The minimum atomic E-state index is -0.560. The zero-order valence-electron chi connectivity index (χ0n) is 10.7. The van der Waals surface area contributed by atoms with Gasteiger partial charge in [0.05, 0.1) is 28.9 Å². The maximum atomic E-state index is 10.0. The van der Waals surface area contributed by atoms with E-state index in [0.717, 1.165) is 23.4 Å². The molecule has 0 amide bonds. The van der Waals surface area contributed by atoms with Gasteiger partial charge in [-0.15, -0.1) is 5.10 Å². The Morgan fingerprint density at radius 1 is 1.39 bits per heavy atom. The Labute approximate surface area is 111 Å². The van der Waals surface area contributed by atoms with Crippen LogP contribution >= 0.6 is 11.5 Å². The third-order valence-electron chi connectivity index (χ3n) is 3.09. The van der Waals surface area contributed by atoms with Gasteiger partial charge in [0.2, 0.25) is 0 Å². The monoisotopic (exact) mass is 266 g/mol. The molecule has 0 saturated carbocycles. The molecule has 0 fully saturated rings. The lowest BCUT2D eigenvalue weighted by Crippen LogP contribution is -2.08. The van der Waals surface area contributed by atoms with E-state index in [1.54, 1.807) is 6.20 Å². The number of hydrogen-bond acceptors (Lipinski definition) is 5. The van der Waals surface area contributed by atoms with Crippen LogP contribution in [0, 0.1) is 0 Å². The number of aromatic nitrogens is 4. The van der Waals surface area contributed by atoms with Gasteiger partial charge in [0.25, 0.3) is 0 Å². The van der Waals surface area contributed by atoms with Crippen molar-refractivity contribution in [2.75, 3.05) is 0 Å². The van der Waals surface area contributed by atoms with Gasteiger partial charge in [0.15, 0.2) is 0 Å². The van der Waals surface area contributed by atoms with E-state index >= 15 is 0 Å². The molecular weight excluding hydrogens is 248 g/mol. The molecule has 98 valence electrons. The molecule has 2 heterocycles. The molecular formula is C12H18N4OS. The van der Waals surface area contributed by atoms with Gasteiger partial charge < -0.3 is 5.11 Å². The minimum absolute atomic E-state index is 0.445. The van der Waals surface area contributed by atoms with Crippen molar-refractivity contribution in [3.8, 4) is 0 Å². The summed E-state index contributed by atoms with van der Waals surface area (Å²) in [5, 5.41) is 18.3. The van der Waals surface area contributed by atoms with Gasteiger partial charge in [-0.1, -0.05) is 18.3 Å². The first-order chi connectivity index (χ1) is 8.74. The van der Waals surface area contributed by atoms with E-state index < -0.39 is 6.10 Å². The predicted octanol–water partition coefficient (Wildman–Crippen LogP) is 2.37. The summed E-state index contributed by atoms with van der Waals surface area (Å²) in [4.78, 5) is 0.784. The van der Waals surface area contributed by atoms with Crippen LogP contribution < -0.4 is 0 Å². The molecule has 0 bridgehead atoms. The first-order valence-corrected chi connectivity index (χ1v) is 7.01. The number of rotatable bonds is 6. The molecule has 0 aliphatic heterocycles. The summed E-state index contributed by atoms with van der Waals surface area (Å²) in [6, 6.07) is 2.41. The fraction of sp³-hybridized carbons (Fsp3) is 0.583. The summed E-state index contributed by atoms with van der Waals surface area (Å²) in [6.07, 6.45) is 5.68. The molecule has 18 heavy (non-hydrogen) atoms. The third kappa shape index (κ3) is 2.94. The van der Waals surface area contributed by atoms with Gasteiger partial charge >= 0.3 is 0 Å². The van der Waals surface area contributed by atoms with Gasteiger partial charge in [0, 0.05) is 12.6 Å². The van der Waals surface area contributed by atoms with Crippen LogP contribution in [0.25, 0.3) is 0 Å². The minimum Gasteiger partial charge on any atom is -0.387 e. The number of aliphatic hydroxyl groups is 1. The summed E-state index contributed by atoms with van der Waals surface area (Å²) in [6.45, 7) is 4.32. The molecule has 1 unspecified atom stereocenters. The highest BCUT2D eigenvalue weighted by Gasteiger charge is 2.14. The summed E-state index contributed by atoms with van der Waals surface area (Å²) in [5.41, 5.74) is 0.905.